The van der Waals surface area contributed by atoms with Gasteiger partial charge in [-0.15, -0.1) is 0 Å². The highest BCUT2D eigenvalue weighted by Gasteiger charge is 2.35. The summed E-state index contributed by atoms with van der Waals surface area (Å²) in [6.45, 7) is 0. The molecular formula is C16H15BrN2O4S. The van der Waals surface area contributed by atoms with Crippen molar-refractivity contribution in [2.45, 2.75) is 24.1 Å². The molecule has 8 heteroatoms. The lowest BCUT2D eigenvalue weighted by atomic mass is 10.0. The van der Waals surface area contributed by atoms with E-state index in [9.17, 15) is 18.5 Å². The van der Waals surface area contributed by atoms with Crippen molar-refractivity contribution in [2.75, 3.05) is 0 Å². The first-order chi connectivity index (χ1) is 11.4. The maximum absolute atomic E-state index is 12.9. The molecule has 2 aromatic carbocycles. The van der Waals surface area contributed by atoms with E-state index in [1.807, 2.05) is 0 Å². The van der Waals surface area contributed by atoms with E-state index < -0.39 is 20.2 Å². The van der Waals surface area contributed by atoms with Crippen LogP contribution in [0.5, 0.6) is 0 Å². The average molecular weight is 411 g/mol. The molecule has 3 rings (SSSR count). The van der Waals surface area contributed by atoms with Gasteiger partial charge in [0.2, 0.25) is 10.0 Å². The number of halogens is 1. The normalized spacial score (nSPS) is 15.9. The van der Waals surface area contributed by atoms with Gasteiger partial charge in [0, 0.05) is 12.1 Å². The Hall–Kier alpha value is -1.77. The Kier molecular flexibility index (Phi) is 4.71. The molecule has 0 aromatic heterocycles. The summed E-state index contributed by atoms with van der Waals surface area (Å²) in [4.78, 5) is 10.6. The number of nitro benzene ring substituents is 1. The van der Waals surface area contributed by atoms with Crippen LogP contribution in [0.4, 0.5) is 5.69 Å². The standard InChI is InChI=1S/C16H15BrN2O4S/c17-14-9-6-12(10-15(14)19(20)21)16(11-4-2-1-3-5-11)24(22,23)18-13-7-8-13/h1-6,9-10,13,16,18H,7-8H2. The molecule has 1 fully saturated rings. The van der Waals surface area contributed by atoms with Crippen LogP contribution < -0.4 is 4.72 Å². The number of rotatable bonds is 6. The summed E-state index contributed by atoms with van der Waals surface area (Å²) in [5.74, 6) is 0. The van der Waals surface area contributed by atoms with E-state index in [0.717, 1.165) is 12.8 Å². The Bertz CT molecular complexity index is 867. The second kappa shape index (κ2) is 6.62. The van der Waals surface area contributed by atoms with Gasteiger partial charge >= 0.3 is 0 Å². The van der Waals surface area contributed by atoms with Crippen LogP contribution in [-0.2, 0) is 10.0 Å². The number of nitro groups is 1. The van der Waals surface area contributed by atoms with Crippen molar-refractivity contribution in [1.29, 1.82) is 0 Å². The molecule has 24 heavy (non-hydrogen) atoms. The van der Waals surface area contributed by atoms with E-state index in [0.29, 0.717) is 15.6 Å². The van der Waals surface area contributed by atoms with Crippen molar-refractivity contribution < 1.29 is 13.3 Å². The van der Waals surface area contributed by atoms with Gasteiger partial charge in [-0.3, -0.25) is 10.1 Å². The number of nitrogens with zero attached hydrogens (tertiary/aromatic N) is 1. The van der Waals surface area contributed by atoms with E-state index in [-0.39, 0.29) is 11.7 Å². The Labute approximate surface area is 148 Å². The third kappa shape index (κ3) is 3.66. The van der Waals surface area contributed by atoms with Gasteiger partial charge in [-0.1, -0.05) is 36.4 Å². The van der Waals surface area contributed by atoms with E-state index >= 15 is 0 Å². The molecular weight excluding hydrogens is 396 g/mol. The maximum Gasteiger partial charge on any atom is 0.283 e. The minimum Gasteiger partial charge on any atom is -0.258 e. The molecule has 1 atom stereocenters. The van der Waals surface area contributed by atoms with Crippen LogP contribution in [0.3, 0.4) is 0 Å². The molecule has 1 saturated carbocycles. The fraction of sp³-hybridized carbons (Fsp3) is 0.250. The smallest absolute Gasteiger partial charge is 0.258 e. The predicted molar refractivity (Wildman–Crippen MR) is 94.2 cm³/mol. The van der Waals surface area contributed by atoms with Gasteiger partial charge in [-0.05, 0) is 46.0 Å². The number of hydrogen-bond donors (Lipinski definition) is 1. The molecule has 0 amide bonds. The molecule has 0 radical (unpaired) electrons. The van der Waals surface area contributed by atoms with Crippen molar-refractivity contribution >= 4 is 31.6 Å². The summed E-state index contributed by atoms with van der Waals surface area (Å²) in [5, 5.41) is 10.2. The summed E-state index contributed by atoms with van der Waals surface area (Å²) in [5.41, 5.74) is 0.779. The highest BCUT2D eigenvalue weighted by Crippen LogP contribution is 2.36. The second-order valence-corrected chi connectivity index (χ2v) is 8.35. The molecule has 1 aliphatic carbocycles. The fourth-order valence-electron chi connectivity index (χ4n) is 2.51. The predicted octanol–water partition coefficient (Wildman–Crippen LogP) is 3.53. The minimum atomic E-state index is -3.71. The Morgan fingerprint density at radius 3 is 2.38 bits per heavy atom. The quantitative estimate of drug-likeness (QED) is 0.582. The monoisotopic (exact) mass is 410 g/mol. The van der Waals surface area contributed by atoms with E-state index in [1.54, 1.807) is 36.4 Å². The number of nitrogens with one attached hydrogen (secondary N) is 1. The molecule has 0 bridgehead atoms. The minimum absolute atomic E-state index is 0.0355. The van der Waals surface area contributed by atoms with Crippen LogP contribution in [0.2, 0.25) is 0 Å². The van der Waals surface area contributed by atoms with Gasteiger partial charge in [0.25, 0.3) is 5.69 Å². The van der Waals surface area contributed by atoms with E-state index in [2.05, 4.69) is 20.7 Å². The Morgan fingerprint density at radius 1 is 1.12 bits per heavy atom. The zero-order chi connectivity index (χ0) is 17.3. The molecule has 1 aliphatic rings. The molecule has 0 spiro atoms. The summed E-state index contributed by atoms with van der Waals surface area (Å²) in [6.07, 6.45) is 1.64. The van der Waals surface area contributed by atoms with Crippen LogP contribution in [0.1, 0.15) is 29.2 Å². The maximum atomic E-state index is 12.9. The van der Waals surface area contributed by atoms with Crippen LogP contribution in [-0.4, -0.2) is 19.4 Å². The molecule has 6 nitrogen and oxygen atoms in total. The van der Waals surface area contributed by atoms with Crippen molar-refractivity contribution in [1.82, 2.24) is 4.72 Å². The lowest BCUT2D eigenvalue weighted by molar-refractivity contribution is -0.385. The number of benzene rings is 2. The van der Waals surface area contributed by atoms with Crippen molar-refractivity contribution in [3.63, 3.8) is 0 Å². The molecule has 0 aliphatic heterocycles. The first kappa shape index (κ1) is 17.1. The highest BCUT2D eigenvalue weighted by atomic mass is 79.9. The first-order valence-electron chi connectivity index (χ1n) is 7.38. The summed E-state index contributed by atoms with van der Waals surface area (Å²) >= 11 is 3.13. The molecule has 0 heterocycles. The average Bonchev–Trinajstić information content (AvgIpc) is 3.33. The topological polar surface area (TPSA) is 89.3 Å². The van der Waals surface area contributed by atoms with E-state index in [1.165, 1.54) is 12.1 Å². The number of sulfonamides is 1. The lowest BCUT2D eigenvalue weighted by Gasteiger charge is -2.19. The van der Waals surface area contributed by atoms with E-state index in [4.69, 9.17) is 0 Å². The molecule has 0 saturated heterocycles. The lowest BCUT2D eigenvalue weighted by Crippen LogP contribution is -2.31. The zero-order valence-corrected chi connectivity index (χ0v) is 15.0. The SMILES string of the molecule is O=[N+]([O-])c1cc(C(c2ccccc2)S(=O)(=O)NC2CC2)ccc1Br. The van der Waals surface area contributed by atoms with Gasteiger partial charge in [0.05, 0.1) is 9.40 Å². The molecule has 126 valence electrons. The summed E-state index contributed by atoms with van der Waals surface area (Å²) in [7, 11) is -3.71. The summed E-state index contributed by atoms with van der Waals surface area (Å²) < 4.78 is 28.7. The third-order valence-corrected chi connectivity index (χ3v) is 6.29. The van der Waals surface area contributed by atoms with Gasteiger partial charge in [-0.25, -0.2) is 13.1 Å². The van der Waals surface area contributed by atoms with Crippen molar-refractivity contribution in [3.05, 3.63) is 74.2 Å². The molecule has 1 unspecified atom stereocenters. The van der Waals surface area contributed by atoms with Crippen molar-refractivity contribution in [2.24, 2.45) is 0 Å². The fourth-order valence-corrected chi connectivity index (χ4v) is 4.76. The molecule has 1 N–H and O–H groups in total. The largest absolute Gasteiger partial charge is 0.283 e. The summed E-state index contributed by atoms with van der Waals surface area (Å²) in [6, 6.07) is 13.1. The first-order valence-corrected chi connectivity index (χ1v) is 9.72. The highest BCUT2D eigenvalue weighted by molar-refractivity contribution is 9.10. The number of hydrogen-bond acceptors (Lipinski definition) is 4. The Balaban J connectivity index is 2.11. The zero-order valence-electron chi connectivity index (χ0n) is 12.6. The van der Waals surface area contributed by atoms with Crippen LogP contribution in [0.15, 0.2) is 53.0 Å². The van der Waals surface area contributed by atoms with Crippen LogP contribution in [0, 0.1) is 10.1 Å². The van der Waals surface area contributed by atoms with Gasteiger partial charge < -0.3 is 0 Å². The van der Waals surface area contributed by atoms with Gasteiger partial charge in [0.15, 0.2) is 0 Å². The van der Waals surface area contributed by atoms with Crippen molar-refractivity contribution in [3.8, 4) is 0 Å². The third-order valence-electron chi connectivity index (χ3n) is 3.79. The second-order valence-electron chi connectivity index (χ2n) is 5.70. The van der Waals surface area contributed by atoms with Gasteiger partial charge in [-0.2, -0.15) is 0 Å². The Morgan fingerprint density at radius 2 is 1.79 bits per heavy atom. The van der Waals surface area contributed by atoms with Crippen LogP contribution >= 0.6 is 15.9 Å². The van der Waals surface area contributed by atoms with Crippen LogP contribution in [0.25, 0.3) is 0 Å². The van der Waals surface area contributed by atoms with Gasteiger partial charge in [0.1, 0.15) is 5.25 Å². The molecule has 2 aromatic rings.